The van der Waals surface area contributed by atoms with Crippen molar-refractivity contribution in [3.8, 4) is 5.75 Å². The fourth-order valence-electron chi connectivity index (χ4n) is 2.22. The summed E-state index contributed by atoms with van der Waals surface area (Å²) in [6.45, 7) is 4.75. The highest BCUT2D eigenvalue weighted by molar-refractivity contribution is 5.79. The first-order valence-electron chi connectivity index (χ1n) is 7.33. The molecule has 1 fully saturated rings. The van der Waals surface area contributed by atoms with Crippen LogP contribution >= 0.6 is 0 Å². The van der Waals surface area contributed by atoms with E-state index in [1.165, 1.54) is 5.56 Å². The van der Waals surface area contributed by atoms with Crippen LogP contribution in [0.4, 0.5) is 0 Å². The van der Waals surface area contributed by atoms with Crippen molar-refractivity contribution in [2.45, 2.75) is 38.6 Å². The maximum absolute atomic E-state index is 11.8. The number of hydrogen-bond acceptors (Lipinski definition) is 3. The third kappa shape index (κ3) is 4.77. The second kappa shape index (κ2) is 7.11. The average Bonchev–Trinajstić information content (AvgIpc) is 2.48. The molecule has 5 nitrogen and oxygen atoms in total. The zero-order valence-electron chi connectivity index (χ0n) is 12.5. The molecular weight excluding hydrogens is 268 g/mol. The predicted octanol–water partition coefficient (Wildman–Crippen LogP) is 1.58. The summed E-state index contributed by atoms with van der Waals surface area (Å²) in [5.74, 6) is 1.04. The Bertz CT molecular complexity index is 487. The molecule has 0 radical (unpaired) electrons. The highest BCUT2D eigenvalue weighted by Gasteiger charge is 2.19. The molecule has 1 aromatic carbocycles. The van der Waals surface area contributed by atoms with Gasteiger partial charge in [0.25, 0.3) is 5.91 Å². The highest BCUT2D eigenvalue weighted by Crippen LogP contribution is 2.18. The van der Waals surface area contributed by atoms with E-state index in [2.05, 4.69) is 24.5 Å². The first-order valence-corrected chi connectivity index (χ1v) is 7.33. The Hall–Kier alpha value is -2.04. The maximum atomic E-state index is 11.8. The van der Waals surface area contributed by atoms with E-state index in [-0.39, 0.29) is 24.5 Å². The van der Waals surface area contributed by atoms with Crippen molar-refractivity contribution in [3.63, 3.8) is 0 Å². The summed E-state index contributed by atoms with van der Waals surface area (Å²) in [5.41, 5.74) is 1.24. The summed E-state index contributed by atoms with van der Waals surface area (Å²) in [4.78, 5) is 22.8. The molecule has 0 aromatic heterocycles. The molecule has 1 aliphatic rings. The van der Waals surface area contributed by atoms with E-state index in [9.17, 15) is 9.59 Å². The quantitative estimate of drug-likeness (QED) is 0.865. The average molecular weight is 290 g/mol. The molecule has 1 unspecified atom stereocenters. The van der Waals surface area contributed by atoms with Gasteiger partial charge in [0.05, 0.1) is 0 Å². The molecule has 21 heavy (non-hydrogen) atoms. The topological polar surface area (TPSA) is 67.4 Å². The lowest BCUT2D eigenvalue weighted by atomic mass is 10.0. The van der Waals surface area contributed by atoms with Crippen LogP contribution < -0.4 is 15.4 Å². The number of hydrogen-bond donors (Lipinski definition) is 2. The smallest absolute Gasteiger partial charge is 0.258 e. The van der Waals surface area contributed by atoms with E-state index in [4.69, 9.17) is 4.74 Å². The van der Waals surface area contributed by atoms with E-state index < -0.39 is 0 Å². The molecule has 1 saturated heterocycles. The van der Waals surface area contributed by atoms with Crippen molar-refractivity contribution in [2.75, 3.05) is 13.2 Å². The molecule has 2 N–H and O–H groups in total. The molecule has 0 spiro atoms. The lowest BCUT2D eigenvalue weighted by Gasteiger charge is -2.23. The van der Waals surface area contributed by atoms with E-state index in [1.807, 2.05) is 24.3 Å². The number of piperidine rings is 1. The zero-order chi connectivity index (χ0) is 15.2. The molecule has 114 valence electrons. The van der Waals surface area contributed by atoms with Crippen LogP contribution in [0, 0.1) is 0 Å². The van der Waals surface area contributed by atoms with Gasteiger partial charge in [0, 0.05) is 19.0 Å². The first kappa shape index (κ1) is 15.4. The Balaban J connectivity index is 1.74. The molecule has 1 aliphatic heterocycles. The Morgan fingerprint density at radius 2 is 2.10 bits per heavy atom. The number of nitrogens with one attached hydrogen (secondary N) is 2. The lowest BCUT2D eigenvalue weighted by Crippen LogP contribution is -2.48. The van der Waals surface area contributed by atoms with Gasteiger partial charge >= 0.3 is 0 Å². The van der Waals surface area contributed by atoms with Gasteiger partial charge in [-0.25, -0.2) is 0 Å². The molecule has 2 amide bonds. The van der Waals surface area contributed by atoms with Crippen LogP contribution in [0.2, 0.25) is 0 Å². The maximum Gasteiger partial charge on any atom is 0.258 e. The number of amides is 2. The van der Waals surface area contributed by atoms with Crippen LogP contribution in [-0.4, -0.2) is 31.0 Å². The highest BCUT2D eigenvalue weighted by atomic mass is 16.5. The molecule has 0 saturated carbocycles. The van der Waals surface area contributed by atoms with Crippen molar-refractivity contribution in [1.29, 1.82) is 0 Å². The van der Waals surface area contributed by atoms with Gasteiger partial charge in [-0.1, -0.05) is 26.0 Å². The van der Waals surface area contributed by atoms with E-state index >= 15 is 0 Å². The Labute approximate surface area is 125 Å². The second-order valence-corrected chi connectivity index (χ2v) is 5.62. The monoisotopic (exact) mass is 290 g/mol. The third-order valence-corrected chi connectivity index (χ3v) is 3.55. The van der Waals surface area contributed by atoms with Gasteiger partial charge in [0.1, 0.15) is 5.75 Å². The molecule has 1 aromatic rings. The normalized spacial score (nSPS) is 18.2. The Morgan fingerprint density at radius 3 is 2.67 bits per heavy atom. The summed E-state index contributed by atoms with van der Waals surface area (Å²) >= 11 is 0. The minimum atomic E-state index is -0.163. The number of rotatable bonds is 5. The summed E-state index contributed by atoms with van der Waals surface area (Å²) in [6.07, 6.45) is 1.14. The summed E-state index contributed by atoms with van der Waals surface area (Å²) < 4.78 is 5.47. The van der Waals surface area contributed by atoms with Crippen molar-refractivity contribution >= 4 is 11.8 Å². The summed E-state index contributed by atoms with van der Waals surface area (Å²) in [7, 11) is 0. The molecule has 2 rings (SSSR count). The number of carbonyl (C=O) groups excluding carboxylic acids is 2. The van der Waals surface area contributed by atoms with Crippen LogP contribution in [0.25, 0.3) is 0 Å². The molecule has 1 heterocycles. The van der Waals surface area contributed by atoms with Gasteiger partial charge in [0.2, 0.25) is 5.91 Å². The SMILES string of the molecule is CC(C)c1ccc(OCC(=O)NC2CCC(=O)NC2)cc1. The summed E-state index contributed by atoms with van der Waals surface area (Å²) in [5, 5.41) is 5.59. The van der Waals surface area contributed by atoms with Gasteiger partial charge in [-0.15, -0.1) is 0 Å². The fraction of sp³-hybridized carbons (Fsp3) is 0.500. The lowest BCUT2D eigenvalue weighted by molar-refractivity contribution is -0.126. The Kier molecular flexibility index (Phi) is 5.20. The standard InChI is InChI=1S/C16H22N2O3/c1-11(2)12-3-6-14(7-4-12)21-10-16(20)18-13-5-8-15(19)17-9-13/h3-4,6-7,11,13H,5,8-10H2,1-2H3,(H,17,19)(H,18,20). The van der Waals surface area contributed by atoms with Gasteiger partial charge in [-0.05, 0) is 30.0 Å². The number of carbonyl (C=O) groups is 2. The van der Waals surface area contributed by atoms with Gasteiger partial charge < -0.3 is 15.4 Å². The number of benzene rings is 1. The largest absolute Gasteiger partial charge is 0.484 e. The van der Waals surface area contributed by atoms with Crippen LogP contribution in [-0.2, 0) is 9.59 Å². The molecule has 1 atom stereocenters. The van der Waals surface area contributed by atoms with E-state index in [1.54, 1.807) is 0 Å². The first-order chi connectivity index (χ1) is 10.0. The summed E-state index contributed by atoms with van der Waals surface area (Å²) in [6, 6.07) is 7.78. The van der Waals surface area contributed by atoms with Gasteiger partial charge in [-0.2, -0.15) is 0 Å². The molecular formula is C16H22N2O3. The minimum Gasteiger partial charge on any atom is -0.484 e. The predicted molar refractivity (Wildman–Crippen MR) is 80.2 cm³/mol. The van der Waals surface area contributed by atoms with E-state index in [0.717, 1.165) is 0 Å². The van der Waals surface area contributed by atoms with Crippen LogP contribution in [0.1, 0.15) is 38.2 Å². The van der Waals surface area contributed by atoms with Gasteiger partial charge in [0.15, 0.2) is 6.61 Å². The third-order valence-electron chi connectivity index (χ3n) is 3.55. The van der Waals surface area contributed by atoms with Gasteiger partial charge in [-0.3, -0.25) is 9.59 Å². The van der Waals surface area contributed by atoms with Crippen molar-refractivity contribution < 1.29 is 14.3 Å². The molecule has 0 aliphatic carbocycles. The molecule has 5 heteroatoms. The van der Waals surface area contributed by atoms with E-state index in [0.29, 0.717) is 31.1 Å². The molecule has 0 bridgehead atoms. The number of ether oxygens (including phenoxy) is 1. The minimum absolute atomic E-state index is 0.00196. The zero-order valence-corrected chi connectivity index (χ0v) is 12.5. The van der Waals surface area contributed by atoms with Crippen LogP contribution in [0.3, 0.4) is 0 Å². The van der Waals surface area contributed by atoms with Crippen molar-refractivity contribution in [3.05, 3.63) is 29.8 Å². The fourth-order valence-corrected chi connectivity index (χ4v) is 2.22. The van der Waals surface area contributed by atoms with Crippen LogP contribution in [0.15, 0.2) is 24.3 Å². The van der Waals surface area contributed by atoms with Crippen molar-refractivity contribution in [2.24, 2.45) is 0 Å². The Morgan fingerprint density at radius 1 is 1.38 bits per heavy atom. The van der Waals surface area contributed by atoms with Crippen molar-refractivity contribution in [1.82, 2.24) is 10.6 Å². The van der Waals surface area contributed by atoms with Crippen LogP contribution in [0.5, 0.6) is 5.75 Å². The second-order valence-electron chi connectivity index (χ2n) is 5.62.